The number of pyridine rings is 1. The van der Waals surface area contributed by atoms with Crippen LogP contribution in [0.5, 0.6) is 5.75 Å². The highest BCUT2D eigenvalue weighted by molar-refractivity contribution is 6.08. The molecule has 0 aliphatic carbocycles. The quantitative estimate of drug-likeness (QED) is 0.154. The van der Waals surface area contributed by atoms with Gasteiger partial charge in [-0.1, -0.05) is 60.2 Å². The maximum atomic E-state index is 13.5. The van der Waals surface area contributed by atoms with Crippen LogP contribution in [-0.4, -0.2) is 28.6 Å². The van der Waals surface area contributed by atoms with Crippen molar-refractivity contribution in [2.45, 2.75) is 33.8 Å². The Morgan fingerprint density at radius 1 is 0.810 bits per heavy atom. The molecule has 0 saturated heterocycles. The van der Waals surface area contributed by atoms with Crippen LogP contribution < -0.4 is 15.5 Å². The van der Waals surface area contributed by atoms with E-state index in [1.54, 1.807) is 12.1 Å². The number of aryl methyl sites for hydroxylation is 1. The van der Waals surface area contributed by atoms with E-state index in [0.717, 1.165) is 22.1 Å². The fourth-order valence-corrected chi connectivity index (χ4v) is 4.58. The first-order valence-electron chi connectivity index (χ1n) is 13.8. The highest BCUT2D eigenvalue weighted by Crippen LogP contribution is 2.32. The Morgan fingerprint density at radius 3 is 2.31 bits per heavy atom. The smallest absolute Gasteiger partial charge is 0.272 e. The van der Waals surface area contributed by atoms with E-state index >= 15 is 0 Å². The monoisotopic (exact) mass is 556 g/mol. The molecule has 0 radical (unpaired) electrons. The minimum absolute atomic E-state index is 0.00912. The molecule has 42 heavy (non-hydrogen) atoms. The van der Waals surface area contributed by atoms with E-state index in [2.05, 4.69) is 15.8 Å². The number of nitrogens with zero attached hydrogens (tertiary/aromatic N) is 2. The largest absolute Gasteiger partial charge is 0.490 e. The summed E-state index contributed by atoms with van der Waals surface area (Å²) in [4.78, 5) is 30.9. The van der Waals surface area contributed by atoms with Crippen LogP contribution in [0.3, 0.4) is 0 Å². The molecular formula is C35H32N4O3. The number of hydrazone groups is 1. The maximum Gasteiger partial charge on any atom is 0.272 e. The second-order valence-corrected chi connectivity index (χ2v) is 10.3. The Bertz CT molecular complexity index is 1790. The molecule has 7 nitrogen and oxygen atoms in total. The molecule has 0 aliphatic rings. The number of amides is 2. The molecule has 0 saturated carbocycles. The summed E-state index contributed by atoms with van der Waals surface area (Å²) in [7, 11) is 0. The molecule has 7 heteroatoms. The second kappa shape index (κ2) is 12.5. The van der Waals surface area contributed by atoms with Crippen molar-refractivity contribution in [3.63, 3.8) is 0 Å². The molecule has 2 N–H and O–H groups in total. The number of nitrogens with one attached hydrogen (secondary N) is 2. The maximum absolute atomic E-state index is 13.5. The number of fused-ring (bicyclic) bond motifs is 1. The van der Waals surface area contributed by atoms with Gasteiger partial charge in [0, 0.05) is 22.2 Å². The van der Waals surface area contributed by atoms with Gasteiger partial charge in [-0.3, -0.25) is 9.59 Å². The average Bonchev–Trinajstić information content (AvgIpc) is 2.99. The van der Waals surface area contributed by atoms with Crippen molar-refractivity contribution in [2.24, 2.45) is 5.10 Å². The molecule has 1 aromatic heterocycles. The van der Waals surface area contributed by atoms with Crippen LogP contribution in [0, 0.1) is 6.92 Å². The van der Waals surface area contributed by atoms with E-state index in [9.17, 15) is 9.59 Å². The van der Waals surface area contributed by atoms with E-state index in [1.807, 2.05) is 119 Å². The average molecular weight is 557 g/mol. The normalized spacial score (nSPS) is 11.4. The topological polar surface area (TPSA) is 92.7 Å². The molecule has 2 amide bonds. The van der Waals surface area contributed by atoms with Gasteiger partial charge in [0.05, 0.1) is 28.6 Å². The standard InChI is InChI=1S/C35H32N4O3/c1-22(2)42-33-15-8-6-13-29(33)32-21-30(28-12-5-7-14-31(28)37-32)35(41)39-38-24(4)25-16-18-27(19-17-25)36-34(40)26-11-9-10-23(3)20-26/h5-22H,1-4H3,(H,36,40)(H,39,41). The summed E-state index contributed by atoms with van der Waals surface area (Å²) in [5.41, 5.74) is 9.02. The SMILES string of the molecule is CC(=NNC(=O)c1cc(-c2ccccc2OC(C)C)nc2ccccc12)c1ccc(NC(=O)c2cccc(C)c2)cc1. The van der Waals surface area contributed by atoms with E-state index < -0.39 is 0 Å². The zero-order valence-electron chi connectivity index (χ0n) is 24.0. The number of carbonyl (C=O) groups excluding carboxylic acids is 2. The van der Waals surface area contributed by atoms with E-state index in [1.165, 1.54) is 0 Å². The minimum Gasteiger partial charge on any atom is -0.490 e. The highest BCUT2D eigenvalue weighted by atomic mass is 16.5. The van der Waals surface area contributed by atoms with Gasteiger partial charge < -0.3 is 10.1 Å². The summed E-state index contributed by atoms with van der Waals surface area (Å²) in [6, 6.07) is 31.7. The number of ether oxygens (including phenoxy) is 1. The lowest BCUT2D eigenvalue weighted by Gasteiger charge is -2.15. The molecule has 1 heterocycles. The highest BCUT2D eigenvalue weighted by Gasteiger charge is 2.16. The lowest BCUT2D eigenvalue weighted by Crippen LogP contribution is -2.20. The van der Waals surface area contributed by atoms with Crippen molar-refractivity contribution in [1.82, 2.24) is 10.4 Å². The summed E-state index contributed by atoms with van der Waals surface area (Å²) in [5, 5.41) is 8.00. The first-order valence-corrected chi connectivity index (χ1v) is 13.8. The van der Waals surface area contributed by atoms with Gasteiger partial charge in [0.25, 0.3) is 11.8 Å². The van der Waals surface area contributed by atoms with E-state index in [4.69, 9.17) is 9.72 Å². The van der Waals surface area contributed by atoms with Crippen molar-refractivity contribution >= 4 is 34.1 Å². The third-order valence-corrected chi connectivity index (χ3v) is 6.65. The summed E-state index contributed by atoms with van der Waals surface area (Å²) >= 11 is 0. The van der Waals surface area contributed by atoms with Crippen LogP contribution in [0.4, 0.5) is 5.69 Å². The molecule has 210 valence electrons. The van der Waals surface area contributed by atoms with Gasteiger partial charge in [0.1, 0.15) is 5.75 Å². The predicted molar refractivity (Wildman–Crippen MR) is 168 cm³/mol. The molecule has 5 rings (SSSR count). The van der Waals surface area contributed by atoms with Crippen LogP contribution in [0.15, 0.2) is 108 Å². The molecular weight excluding hydrogens is 524 g/mol. The fourth-order valence-electron chi connectivity index (χ4n) is 4.58. The number of aromatic nitrogens is 1. The molecule has 0 atom stereocenters. The minimum atomic E-state index is -0.349. The molecule has 0 spiro atoms. The van der Waals surface area contributed by atoms with Crippen molar-refractivity contribution in [3.8, 4) is 17.0 Å². The first kappa shape index (κ1) is 28.2. The van der Waals surface area contributed by atoms with E-state index in [0.29, 0.717) is 39.5 Å². The summed E-state index contributed by atoms with van der Waals surface area (Å²) < 4.78 is 6.01. The molecule has 0 unspecified atom stereocenters. The number of benzene rings is 4. The zero-order chi connectivity index (χ0) is 29.6. The number of rotatable bonds is 8. The lowest BCUT2D eigenvalue weighted by molar-refractivity contribution is 0.0955. The van der Waals surface area contributed by atoms with Crippen LogP contribution in [0.25, 0.3) is 22.2 Å². The van der Waals surface area contributed by atoms with Gasteiger partial charge in [-0.2, -0.15) is 5.10 Å². The van der Waals surface area contributed by atoms with Crippen LogP contribution >= 0.6 is 0 Å². The Morgan fingerprint density at radius 2 is 1.55 bits per heavy atom. The third kappa shape index (κ3) is 6.53. The third-order valence-electron chi connectivity index (χ3n) is 6.65. The Hall–Kier alpha value is -5.30. The summed E-state index contributed by atoms with van der Waals surface area (Å²) in [6.45, 7) is 7.71. The number of para-hydroxylation sites is 2. The first-order chi connectivity index (χ1) is 20.3. The van der Waals surface area contributed by atoms with Crippen LogP contribution in [-0.2, 0) is 0 Å². The molecule has 0 bridgehead atoms. The fraction of sp³-hybridized carbons (Fsp3) is 0.143. The molecule has 0 aliphatic heterocycles. The molecule has 0 fully saturated rings. The summed E-state index contributed by atoms with van der Waals surface area (Å²) in [6.07, 6.45) is -0.00912. The van der Waals surface area contributed by atoms with Gasteiger partial charge in [0.2, 0.25) is 0 Å². The number of hydrogen-bond acceptors (Lipinski definition) is 5. The van der Waals surface area contributed by atoms with Crippen molar-refractivity contribution in [2.75, 3.05) is 5.32 Å². The number of anilines is 1. The second-order valence-electron chi connectivity index (χ2n) is 10.3. The van der Waals surface area contributed by atoms with Crippen molar-refractivity contribution in [1.29, 1.82) is 0 Å². The van der Waals surface area contributed by atoms with Gasteiger partial charge in [-0.05, 0) is 81.8 Å². The van der Waals surface area contributed by atoms with Crippen LogP contribution in [0.2, 0.25) is 0 Å². The Kier molecular flexibility index (Phi) is 8.39. The zero-order valence-corrected chi connectivity index (χ0v) is 24.0. The summed E-state index contributed by atoms with van der Waals surface area (Å²) in [5.74, 6) is 0.180. The lowest BCUT2D eigenvalue weighted by atomic mass is 10.0. The Balaban J connectivity index is 1.36. The van der Waals surface area contributed by atoms with Crippen molar-refractivity contribution < 1.29 is 14.3 Å². The van der Waals surface area contributed by atoms with Gasteiger partial charge in [-0.25, -0.2) is 10.4 Å². The van der Waals surface area contributed by atoms with Crippen molar-refractivity contribution in [3.05, 3.63) is 125 Å². The predicted octanol–water partition coefficient (Wildman–Crippen LogP) is 7.40. The number of hydrogen-bond donors (Lipinski definition) is 2. The molecule has 4 aromatic carbocycles. The van der Waals surface area contributed by atoms with E-state index in [-0.39, 0.29) is 17.9 Å². The van der Waals surface area contributed by atoms with Gasteiger partial charge >= 0.3 is 0 Å². The molecule has 5 aromatic rings. The Labute approximate surface area is 245 Å². The number of carbonyl (C=O) groups is 2. The van der Waals surface area contributed by atoms with Crippen LogP contribution in [0.1, 0.15) is 52.6 Å². The van der Waals surface area contributed by atoms with Gasteiger partial charge in [-0.15, -0.1) is 0 Å². The van der Waals surface area contributed by atoms with Gasteiger partial charge in [0.15, 0.2) is 0 Å².